The number of nitrogens with zero attached hydrogens (tertiary/aromatic N) is 12. The van der Waals surface area contributed by atoms with E-state index in [0.29, 0.717) is 17.6 Å². The lowest BCUT2D eigenvalue weighted by Gasteiger charge is -2.12. The van der Waals surface area contributed by atoms with Crippen LogP contribution in [0, 0.1) is 0 Å². The van der Waals surface area contributed by atoms with Crippen LogP contribution < -0.4 is 0 Å². The summed E-state index contributed by atoms with van der Waals surface area (Å²) >= 11 is 0. The summed E-state index contributed by atoms with van der Waals surface area (Å²) in [6.07, 6.45) is 1.87. The fraction of sp³-hybridized carbons (Fsp3) is 0. The van der Waals surface area contributed by atoms with E-state index in [-0.39, 0.29) is 0 Å². The quantitative estimate of drug-likeness (QED) is 0.101. The Bertz CT molecular complexity index is 10300. The maximum Gasteiger partial charge on any atom is 0.235 e. The van der Waals surface area contributed by atoms with Crippen LogP contribution in [0.2, 0.25) is 0 Å². The molecular formula is C138H90N12. The largest absolute Gasteiger partial charge is 0.309 e. The minimum absolute atomic E-state index is 0.646. The molecule has 0 atom stereocenters. The van der Waals surface area contributed by atoms with E-state index in [0.717, 1.165) is 129 Å². The molecule has 30 aromatic rings. The van der Waals surface area contributed by atoms with E-state index in [4.69, 9.17) is 29.9 Å². The maximum absolute atomic E-state index is 5.22. The summed E-state index contributed by atoms with van der Waals surface area (Å²) in [6.45, 7) is 0. The van der Waals surface area contributed by atoms with Crippen molar-refractivity contribution in [2.75, 3.05) is 0 Å². The molecule has 0 aliphatic rings. The molecule has 0 fully saturated rings. The van der Waals surface area contributed by atoms with Gasteiger partial charge in [0.15, 0.2) is 11.6 Å². The van der Waals surface area contributed by atoms with Gasteiger partial charge in [0.2, 0.25) is 5.95 Å². The van der Waals surface area contributed by atoms with Crippen LogP contribution in [0.1, 0.15) is 0 Å². The number of benzene rings is 21. The summed E-state index contributed by atoms with van der Waals surface area (Å²) in [6, 6.07) is 191. The van der Waals surface area contributed by atoms with Crippen LogP contribution in [0.3, 0.4) is 0 Å². The third-order valence-electron chi connectivity index (χ3n) is 29.2. The first-order valence-corrected chi connectivity index (χ1v) is 50.8. The fourth-order valence-electron chi connectivity index (χ4n) is 22.3. The topological polar surface area (TPSA) is 107 Å². The standard InChI is InChI=1S/3C46H30N4/c1-4-15-31(16-5-1)40-29-41(32-17-6-2-7-18-32)48-46(47-40)33-19-14-22-35(27-33)50-43-26-13-11-24-37(43)39-28-38-36-23-10-12-25-42(36)49(44(38)30-45(39)50)34-20-8-3-9-21-34;1-4-14-31(15-5-1)40-29-41(32-16-6-2-7-17-32)48-46(47-40)33-24-26-35(27-25-33)50-43-23-13-11-21-37(43)39-28-38-36-20-10-12-22-42(36)49(44(38)30-45(39)50)34-18-8-3-9-19-34;1-3-12-31(13-4-1)32-22-24-33(25-23-32)34-14-11-15-35(28-34)41-26-27-47-46(48-41)50-43-21-10-8-19-38(43)40-29-39-37-18-7-9-20-42(37)49(44(39)30-45(40)50)36-16-5-2-6-17-36/h3*1-30H. The van der Waals surface area contributed by atoms with Gasteiger partial charge in [0.05, 0.1) is 94.7 Å². The van der Waals surface area contributed by atoms with Crippen molar-refractivity contribution in [3.63, 3.8) is 0 Å². The molecule has 0 saturated heterocycles. The van der Waals surface area contributed by atoms with Crippen molar-refractivity contribution in [2.45, 2.75) is 0 Å². The molecule has 0 radical (unpaired) electrons. The number of para-hydroxylation sites is 9. The van der Waals surface area contributed by atoms with Crippen molar-refractivity contribution in [1.29, 1.82) is 0 Å². The van der Waals surface area contributed by atoms with Gasteiger partial charge in [-0.2, -0.15) is 0 Å². The van der Waals surface area contributed by atoms with Gasteiger partial charge in [-0.3, -0.25) is 4.57 Å². The molecule has 21 aromatic carbocycles. The molecule has 0 N–H and O–H groups in total. The first kappa shape index (κ1) is 87.5. The van der Waals surface area contributed by atoms with Gasteiger partial charge in [-0.15, -0.1) is 0 Å². The van der Waals surface area contributed by atoms with Gasteiger partial charge >= 0.3 is 0 Å². The highest BCUT2D eigenvalue weighted by atomic mass is 15.2. The van der Waals surface area contributed by atoms with Gasteiger partial charge in [0, 0.05) is 138 Å². The maximum atomic E-state index is 5.22. The molecule has 12 nitrogen and oxygen atoms in total. The monoisotopic (exact) mass is 1910 g/mol. The second-order valence-corrected chi connectivity index (χ2v) is 38.0. The zero-order valence-electron chi connectivity index (χ0n) is 81.3. The fourth-order valence-corrected chi connectivity index (χ4v) is 22.3. The predicted molar refractivity (Wildman–Crippen MR) is 621 cm³/mol. The number of fused-ring (bicyclic) bond motifs is 18. The molecule has 0 bridgehead atoms. The van der Waals surface area contributed by atoms with Crippen LogP contribution in [0.5, 0.6) is 0 Å². The van der Waals surface area contributed by atoms with Crippen LogP contribution in [0.25, 0.3) is 267 Å². The number of hydrogen-bond acceptors (Lipinski definition) is 6. The smallest absolute Gasteiger partial charge is 0.235 e. The minimum Gasteiger partial charge on any atom is -0.309 e. The summed E-state index contributed by atoms with van der Waals surface area (Å²) in [5.74, 6) is 2.04. The van der Waals surface area contributed by atoms with E-state index in [1.807, 2.05) is 66.9 Å². The zero-order chi connectivity index (χ0) is 99.1. The highest BCUT2D eigenvalue weighted by Gasteiger charge is 2.26. The van der Waals surface area contributed by atoms with E-state index in [2.05, 4.69) is 507 Å². The molecular weight excluding hydrogens is 1830 g/mol. The molecule has 0 amide bonds. The van der Waals surface area contributed by atoms with Gasteiger partial charge in [-0.05, 0) is 192 Å². The third kappa shape index (κ3) is 15.5. The van der Waals surface area contributed by atoms with Gasteiger partial charge in [0.1, 0.15) is 0 Å². The molecule has 150 heavy (non-hydrogen) atoms. The Morgan fingerprint density at radius 3 is 0.727 bits per heavy atom. The highest BCUT2D eigenvalue weighted by Crippen LogP contribution is 2.46. The molecule has 0 aliphatic heterocycles. The van der Waals surface area contributed by atoms with Gasteiger partial charge in [-0.25, -0.2) is 29.9 Å². The number of rotatable bonds is 15. The lowest BCUT2D eigenvalue weighted by Crippen LogP contribution is -2.02. The van der Waals surface area contributed by atoms with Crippen molar-refractivity contribution < 1.29 is 0 Å². The van der Waals surface area contributed by atoms with E-state index >= 15 is 0 Å². The zero-order valence-corrected chi connectivity index (χ0v) is 81.3. The number of hydrogen-bond donors (Lipinski definition) is 0. The molecule has 9 heterocycles. The summed E-state index contributed by atoms with van der Waals surface area (Å²) < 4.78 is 14.1. The Balaban J connectivity index is 0.000000108. The lowest BCUT2D eigenvalue weighted by atomic mass is 9.98. The molecule has 0 saturated carbocycles. The molecule has 12 heteroatoms. The van der Waals surface area contributed by atoms with Crippen molar-refractivity contribution in [1.82, 2.24) is 57.3 Å². The van der Waals surface area contributed by atoms with Crippen LogP contribution in [0.15, 0.2) is 546 Å². The number of aromatic nitrogens is 12. The van der Waals surface area contributed by atoms with Crippen LogP contribution in [-0.2, 0) is 0 Å². The van der Waals surface area contributed by atoms with Crippen molar-refractivity contribution in [3.8, 4) is 136 Å². The lowest BCUT2D eigenvalue weighted by molar-refractivity contribution is 0.992. The summed E-state index contributed by atoms with van der Waals surface area (Å²) in [5.41, 5.74) is 35.9. The van der Waals surface area contributed by atoms with Crippen molar-refractivity contribution >= 4 is 131 Å². The van der Waals surface area contributed by atoms with Crippen LogP contribution >= 0.6 is 0 Å². The SMILES string of the molecule is c1ccc(-c2cc(-c3ccccc3)nc(-c3ccc(-n4c5ccccc5c5cc6c7ccccc7n(-c7ccccc7)c6cc54)cc3)n2)cc1.c1ccc(-c2cc(-c3ccccc3)nc(-c3cccc(-n4c5ccccc5c5cc6c7ccccc7n(-c7ccccc7)c6cc54)c3)n2)cc1.c1ccc(-c2ccc(-c3cccc(-c4ccnc(-n5c6ccccc6c6cc7c8ccccc8n(-c8ccccc8)c7cc65)n4)c3)cc2)cc1. The first-order chi connectivity index (χ1) is 74.4. The van der Waals surface area contributed by atoms with E-state index in [9.17, 15) is 0 Å². The van der Waals surface area contributed by atoms with Gasteiger partial charge < -0.3 is 22.8 Å². The molecule has 702 valence electrons. The molecule has 9 aromatic heterocycles. The summed E-state index contributed by atoms with van der Waals surface area (Å²) in [7, 11) is 0. The Kier molecular flexibility index (Phi) is 21.6. The summed E-state index contributed by atoms with van der Waals surface area (Å²) in [4.78, 5) is 30.5. The third-order valence-corrected chi connectivity index (χ3v) is 29.2. The predicted octanol–water partition coefficient (Wildman–Crippen LogP) is 35.0. The first-order valence-electron chi connectivity index (χ1n) is 50.8. The van der Waals surface area contributed by atoms with Crippen molar-refractivity contribution in [3.05, 3.63) is 546 Å². The highest BCUT2D eigenvalue weighted by molar-refractivity contribution is 6.23. The molecule has 30 rings (SSSR count). The second-order valence-electron chi connectivity index (χ2n) is 38.0. The Hall–Kier alpha value is -20.3. The molecule has 0 spiro atoms. The Morgan fingerprint density at radius 2 is 0.367 bits per heavy atom. The normalized spacial score (nSPS) is 11.6. The van der Waals surface area contributed by atoms with Crippen LogP contribution in [0.4, 0.5) is 0 Å². The molecule has 0 aliphatic carbocycles. The Morgan fingerprint density at radius 1 is 0.120 bits per heavy atom. The average molecular weight is 1920 g/mol. The summed E-state index contributed by atoms with van der Waals surface area (Å²) in [5, 5.41) is 14.7. The second kappa shape index (κ2) is 37.1. The average Bonchev–Trinajstić information content (AvgIpc) is 1.56. The van der Waals surface area contributed by atoms with Crippen molar-refractivity contribution in [2.24, 2.45) is 0 Å². The van der Waals surface area contributed by atoms with Gasteiger partial charge in [0.25, 0.3) is 0 Å². The van der Waals surface area contributed by atoms with E-state index in [1.54, 1.807) is 0 Å². The van der Waals surface area contributed by atoms with Gasteiger partial charge in [-0.1, -0.05) is 370 Å². The minimum atomic E-state index is 0.646. The molecule has 0 unspecified atom stereocenters. The van der Waals surface area contributed by atoms with Crippen LogP contribution in [-0.4, -0.2) is 57.3 Å². The van der Waals surface area contributed by atoms with E-state index in [1.165, 1.54) is 120 Å². The Labute approximate surface area is 863 Å². The van der Waals surface area contributed by atoms with E-state index < -0.39 is 0 Å².